The maximum atomic E-state index is 13.0. The van der Waals surface area contributed by atoms with Gasteiger partial charge in [0, 0.05) is 26.2 Å². The standard InChI is InChI=1S/2C16H22N2O.H2O/c2*19-15(18-12-4-5-13-18)16(8-10-17-11-9-16)14-6-2-1-3-7-14;/h2*1-3,6-7,17H,4-5,8-13H2;1H2. The number of likely N-dealkylation sites (tertiary alicyclic amines) is 2. The van der Waals surface area contributed by atoms with E-state index in [1.807, 2.05) is 12.1 Å². The van der Waals surface area contributed by atoms with E-state index >= 15 is 0 Å². The Labute approximate surface area is 233 Å². The minimum Gasteiger partial charge on any atom is -0.412 e. The van der Waals surface area contributed by atoms with Crippen LogP contribution in [0.1, 0.15) is 62.5 Å². The number of hydrogen-bond donors (Lipinski definition) is 2. The van der Waals surface area contributed by atoms with Crippen molar-refractivity contribution in [3.8, 4) is 0 Å². The smallest absolute Gasteiger partial charge is 0.233 e. The second kappa shape index (κ2) is 13.6. The topological polar surface area (TPSA) is 96.2 Å². The SMILES string of the molecule is O.O=C(N1CCCC1)C1(c2ccccc2)CCNCC1.O=C(N1CCCC1)C1(c2ccccc2)CCNCC1. The number of piperidine rings is 2. The molecule has 0 unspecified atom stereocenters. The maximum Gasteiger partial charge on any atom is 0.233 e. The Hall–Kier alpha value is -2.74. The predicted octanol–water partition coefficient (Wildman–Crippen LogP) is 3.04. The molecule has 0 aliphatic carbocycles. The number of nitrogens with zero attached hydrogens (tertiary/aromatic N) is 2. The summed E-state index contributed by atoms with van der Waals surface area (Å²) >= 11 is 0. The first kappa shape index (κ1) is 29.2. The zero-order chi connectivity index (χ0) is 26.3. The van der Waals surface area contributed by atoms with Gasteiger partial charge in [0.1, 0.15) is 0 Å². The molecule has 0 aromatic heterocycles. The van der Waals surface area contributed by atoms with Crippen LogP contribution in [0.2, 0.25) is 0 Å². The van der Waals surface area contributed by atoms with Gasteiger partial charge in [-0.15, -0.1) is 0 Å². The van der Waals surface area contributed by atoms with Crippen LogP contribution in [0.3, 0.4) is 0 Å². The molecule has 0 spiro atoms. The first-order valence-corrected chi connectivity index (χ1v) is 14.8. The van der Waals surface area contributed by atoms with Gasteiger partial charge in [0.2, 0.25) is 11.8 Å². The number of carbonyl (C=O) groups is 2. The van der Waals surface area contributed by atoms with E-state index in [0.717, 1.165) is 104 Å². The highest BCUT2D eigenvalue weighted by molar-refractivity contribution is 5.89. The highest BCUT2D eigenvalue weighted by atomic mass is 16.2. The van der Waals surface area contributed by atoms with E-state index in [1.165, 1.54) is 11.1 Å². The molecule has 2 aromatic rings. The molecule has 7 heteroatoms. The van der Waals surface area contributed by atoms with Gasteiger partial charge in [0.05, 0.1) is 10.8 Å². The van der Waals surface area contributed by atoms with Crippen LogP contribution in [-0.4, -0.2) is 79.4 Å². The molecule has 4 aliphatic rings. The van der Waals surface area contributed by atoms with Gasteiger partial charge in [-0.2, -0.15) is 0 Å². The van der Waals surface area contributed by atoms with Crippen molar-refractivity contribution >= 4 is 11.8 Å². The van der Waals surface area contributed by atoms with Crippen LogP contribution in [0.5, 0.6) is 0 Å². The number of hydrogen-bond acceptors (Lipinski definition) is 4. The van der Waals surface area contributed by atoms with Crippen LogP contribution in [0, 0.1) is 0 Å². The first-order valence-electron chi connectivity index (χ1n) is 14.8. The molecule has 0 saturated carbocycles. The lowest BCUT2D eigenvalue weighted by molar-refractivity contribution is -0.138. The second-order valence-corrected chi connectivity index (χ2v) is 11.4. The number of rotatable bonds is 4. The molecule has 4 aliphatic heterocycles. The minimum absolute atomic E-state index is 0. The third kappa shape index (κ3) is 6.21. The van der Waals surface area contributed by atoms with Crippen molar-refractivity contribution in [2.75, 3.05) is 52.4 Å². The molecule has 4 N–H and O–H groups in total. The monoisotopic (exact) mass is 534 g/mol. The van der Waals surface area contributed by atoms with E-state index in [4.69, 9.17) is 0 Å². The maximum absolute atomic E-state index is 13.0. The van der Waals surface area contributed by atoms with Gasteiger partial charge >= 0.3 is 0 Å². The lowest BCUT2D eigenvalue weighted by atomic mass is 9.72. The Morgan fingerprint density at radius 2 is 0.846 bits per heavy atom. The third-order valence-corrected chi connectivity index (χ3v) is 9.17. The molecular formula is C32H46N4O3. The average Bonchev–Trinajstić information content (AvgIpc) is 3.74. The van der Waals surface area contributed by atoms with Crippen LogP contribution in [0.15, 0.2) is 60.7 Å². The Balaban J connectivity index is 0.000000176. The molecule has 7 nitrogen and oxygen atoms in total. The normalized spacial score (nSPS) is 21.8. The number of carbonyl (C=O) groups excluding carboxylic acids is 2. The Morgan fingerprint density at radius 1 is 0.538 bits per heavy atom. The molecule has 4 heterocycles. The first-order chi connectivity index (χ1) is 18.7. The Morgan fingerprint density at radius 3 is 1.15 bits per heavy atom. The lowest BCUT2D eigenvalue weighted by Gasteiger charge is -2.39. The van der Waals surface area contributed by atoms with E-state index < -0.39 is 0 Å². The summed E-state index contributed by atoms with van der Waals surface area (Å²) in [5.74, 6) is 0.718. The molecule has 212 valence electrons. The highest BCUT2D eigenvalue weighted by Gasteiger charge is 2.45. The predicted molar refractivity (Wildman–Crippen MR) is 156 cm³/mol. The summed E-state index contributed by atoms with van der Waals surface area (Å²) in [6, 6.07) is 20.8. The molecule has 4 fully saturated rings. The molecule has 0 atom stereocenters. The van der Waals surface area contributed by atoms with Crippen LogP contribution in [0.25, 0.3) is 0 Å². The zero-order valence-corrected chi connectivity index (χ0v) is 23.3. The van der Waals surface area contributed by atoms with E-state index in [-0.39, 0.29) is 16.3 Å². The fourth-order valence-corrected chi connectivity index (χ4v) is 6.92. The second-order valence-electron chi connectivity index (χ2n) is 11.4. The molecule has 0 bridgehead atoms. The lowest BCUT2D eigenvalue weighted by Crippen LogP contribution is -2.51. The Kier molecular flexibility index (Phi) is 10.2. The van der Waals surface area contributed by atoms with Gasteiger partial charge in [-0.1, -0.05) is 60.7 Å². The number of amides is 2. The summed E-state index contributed by atoms with van der Waals surface area (Å²) < 4.78 is 0. The average molecular weight is 535 g/mol. The van der Waals surface area contributed by atoms with Crippen molar-refractivity contribution in [3.63, 3.8) is 0 Å². The molecule has 6 rings (SSSR count). The van der Waals surface area contributed by atoms with Crippen LogP contribution in [-0.2, 0) is 20.4 Å². The summed E-state index contributed by atoms with van der Waals surface area (Å²) in [7, 11) is 0. The quantitative estimate of drug-likeness (QED) is 0.630. The molecule has 4 saturated heterocycles. The van der Waals surface area contributed by atoms with E-state index in [1.54, 1.807) is 0 Å². The summed E-state index contributed by atoms with van der Waals surface area (Å²) in [6.07, 6.45) is 8.34. The van der Waals surface area contributed by atoms with Gasteiger partial charge in [-0.25, -0.2) is 0 Å². The molecule has 0 radical (unpaired) electrons. The van der Waals surface area contributed by atoms with E-state index in [0.29, 0.717) is 11.8 Å². The summed E-state index contributed by atoms with van der Waals surface area (Å²) in [5, 5.41) is 6.77. The van der Waals surface area contributed by atoms with Gasteiger partial charge < -0.3 is 25.9 Å². The summed E-state index contributed by atoms with van der Waals surface area (Å²) in [6.45, 7) is 7.54. The number of benzene rings is 2. The van der Waals surface area contributed by atoms with Crippen molar-refractivity contribution in [1.29, 1.82) is 0 Å². The van der Waals surface area contributed by atoms with Crippen molar-refractivity contribution < 1.29 is 15.1 Å². The number of nitrogens with one attached hydrogen (secondary N) is 2. The van der Waals surface area contributed by atoms with Gasteiger partial charge in [0.15, 0.2) is 0 Å². The highest BCUT2D eigenvalue weighted by Crippen LogP contribution is 2.37. The molecule has 2 aromatic carbocycles. The Bertz CT molecular complexity index is 952. The van der Waals surface area contributed by atoms with Crippen LogP contribution >= 0.6 is 0 Å². The fourth-order valence-electron chi connectivity index (χ4n) is 6.92. The van der Waals surface area contributed by atoms with Crippen molar-refractivity contribution in [1.82, 2.24) is 20.4 Å². The summed E-state index contributed by atoms with van der Waals surface area (Å²) in [4.78, 5) is 30.2. The molecule has 2 amide bonds. The molecular weight excluding hydrogens is 488 g/mol. The zero-order valence-electron chi connectivity index (χ0n) is 23.3. The van der Waals surface area contributed by atoms with Gasteiger partial charge in [-0.3, -0.25) is 9.59 Å². The van der Waals surface area contributed by atoms with Crippen molar-refractivity contribution in [2.45, 2.75) is 62.2 Å². The van der Waals surface area contributed by atoms with Gasteiger partial charge in [-0.05, 0) is 88.7 Å². The fraction of sp³-hybridized carbons (Fsp3) is 0.562. The van der Waals surface area contributed by atoms with Crippen LogP contribution < -0.4 is 10.6 Å². The minimum atomic E-state index is -0.281. The summed E-state index contributed by atoms with van der Waals surface area (Å²) in [5.41, 5.74) is 1.84. The van der Waals surface area contributed by atoms with E-state index in [2.05, 4.69) is 69.0 Å². The van der Waals surface area contributed by atoms with Gasteiger partial charge in [0.25, 0.3) is 0 Å². The van der Waals surface area contributed by atoms with Crippen LogP contribution in [0.4, 0.5) is 0 Å². The van der Waals surface area contributed by atoms with Crippen molar-refractivity contribution in [2.24, 2.45) is 0 Å². The third-order valence-electron chi connectivity index (χ3n) is 9.17. The molecule has 39 heavy (non-hydrogen) atoms. The largest absolute Gasteiger partial charge is 0.412 e. The van der Waals surface area contributed by atoms with E-state index in [9.17, 15) is 9.59 Å². The van der Waals surface area contributed by atoms with Crippen molar-refractivity contribution in [3.05, 3.63) is 71.8 Å².